The summed E-state index contributed by atoms with van der Waals surface area (Å²) in [7, 11) is 0. The number of anilines is 1. The van der Waals surface area contributed by atoms with Crippen molar-refractivity contribution in [2.45, 2.75) is 19.0 Å². The number of aliphatic carboxylic acids is 1. The number of rotatable bonds is 6. The number of carboxylic acid groups (broad SMARTS) is 1. The molecule has 1 atom stereocenters. The Labute approximate surface area is 152 Å². The lowest BCUT2D eigenvalue weighted by Crippen LogP contribution is -2.27. The first-order valence-corrected chi connectivity index (χ1v) is 7.97. The third-order valence-electron chi connectivity index (χ3n) is 3.64. The van der Waals surface area contributed by atoms with Gasteiger partial charge in [-0.25, -0.2) is 0 Å². The molecule has 0 aliphatic heterocycles. The fourth-order valence-electron chi connectivity index (χ4n) is 2.39. The molecule has 0 bridgehead atoms. The smallest absolute Gasteiger partial charge is 0.416 e. The monoisotopic (exact) mass is 385 g/mol. The van der Waals surface area contributed by atoms with Gasteiger partial charge in [0.2, 0.25) is 5.91 Å². The largest absolute Gasteiger partial charge is 0.481 e. The zero-order chi connectivity index (χ0) is 19.3. The third kappa shape index (κ3) is 5.77. The lowest BCUT2D eigenvalue weighted by molar-refractivity contribution is -0.140. The van der Waals surface area contributed by atoms with Crippen molar-refractivity contribution in [3.05, 3.63) is 64.7 Å². The Morgan fingerprint density at radius 1 is 1.12 bits per heavy atom. The second kappa shape index (κ2) is 8.23. The maximum atomic E-state index is 12.8. The normalized spacial score (nSPS) is 12.5. The highest BCUT2D eigenvalue weighted by atomic mass is 35.5. The number of amides is 1. The average molecular weight is 386 g/mol. The quantitative estimate of drug-likeness (QED) is 0.761. The van der Waals surface area contributed by atoms with Gasteiger partial charge in [-0.15, -0.1) is 0 Å². The van der Waals surface area contributed by atoms with Gasteiger partial charge in [-0.1, -0.05) is 29.8 Å². The van der Waals surface area contributed by atoms with Crippen molar-refractivity contribution in [2.24, 2.45) is 5.92 Å². The summed E-state index contributed by atoms with van der Waals surface area (Å²) in [6.45, 7) is 0. The lowest BCUT2D eigenvalue weighted by atomic mass is 9.95. The molecule has 0 aliphatic carbocycles. The molecule has 0 fully saturated rings. The van der Waals surface area contributed by atoms with E-state index in [1.54, 1.807) is 24.3 Å². The molecule has 0 unspecified atom stereocenters. The van der Waals surface area contributed by atoms with Gasteiger partial charge in [0.25, 0.3) is 0 Å². The van der Waals surface area contributed by atoms with E-state index in [9.17, 15) is 22.8 Å². The summed E-state index contributed by atoms with van der Waals surface area (Å²) in [6.07, 6.45) is -4.87. The molecule has 1 amide bonds. The predicted octanol–water partition coefficient (Wildman–Crippen LogP) is 4.63. The van der Waals surface area contributed by atoms with E-state index in [-0.39, 0.29) is 12.1 Å². The average Bonchev–Trinajstić information content (AvgIpc) is 2.55. The number of hydrogen-bond donors (Lipinski definition) is 2. The van der Waals surface area contributed by atoms with Crippen LogP contribution in [0.5, 0.6) is 0 Å². The molecule has 2 rings (SSSR count). The van der Waals surface area contributed by atoms with Crippen molar-refractivity contribution in [3.8, 4) is 0 Å². The van der Waals surface area contributed by atoms with E-state index in [0.29, 0.717) is 10.6 Å². The Balaban J connectivity index is 2.16. The van der Waals surface area contributed by atoms with Gasteiger partial charge >= 0.3 is 12.1 Å². The van der Waals surface area contributed by atoms with Crippen molar-refractivity contribution in [3.63, 3.8) is 0 Å². The highest BCUT2D eigenvalue weighted by Gasteiger charge is 2.31. The maximum Gasteiger partial charge on any atom is 0.416 e. The van der Waals surface area contributed by atoms with Gasteiger partial charge < -0.3 is 10.4 Å². The van der Waals surface area contributed by atoms with Crippen molar-refractivity contribution < 1.29 is 27.9 Å². The van der Waals surface area contributed by atoms with Crippen LogP contribution in [0.3, 0.4) is 0 Å². The molecular formula is C18H15ClF3NO3. The van der Waals surface area contributed by atoms with Crippen LogP contribution >= 0.6 is 11.6 Å². The third-order valence-corrected chi connectivity index (χ3v) is 3.90. The minimum absolute atomic E-state index is 0.0451. The molecule has 8 heteroatoms. The number of carbonyl (C=O) groups is 2. The minimum atomic E-state index is -4.54. The molecular weight excluding hydrogens is 371 g/mol. The predicted molar refractivity (Wildman–Crippen MR) is 91.0 cm³/mol. The molecule has 0 aliphatic rings. The van der Waals surface area contributed by atoms with Crippen LogP contribution in [0.4, 0.5) is 18.9 Å². The van der Waals surface area contributed by atoms with Gasteiger partial charge in [-0.3, -0.25) is 9.59 Å². The standard InChI is InChI=1S/C18H15ClF3NO3/c19-14-6-4-11(5-7-14)8-12(9-16(24)25)17(26)23-15-3-1-2-13(10-15)18(20,21)22/h1-7,10,12H,8-9H2,(H,23,26)(H,24,25)/t12-/m1/s1. The molecule has 0 saturated carbocycles. The van der Waals surface area contributed by atoms with Gasteiger partial charge in [0.1, 0.15) is 0 Å². The molecule has 2 aromatic rings. The molecule has 2 N–H and O–H groups in total. The van der Waals surface area contributed by atoms with Crippen molar-refractivity contribution in [1.82, 2.24) is 0 Å². The van der Waals surface area contributed by atoms with Gasteiger partial charge in [-0.05, 0) is 42.3 Å². The molecule has 2 aromatic carbocycles. The van der Waals surface area contributed by atoms with Crippen molar-refractivity contribution >= 4 is 29.2 Å². The fourth-order valence-corrected chi connectivity index (χ4v) is 2.52. The molecule has 26 heavy (non-hydrogen) atoms. The zero-order valence-electron chi connectivity index (χ0n) is 13.4. The summed E-state index contributed by atoms with van der Waals surface area (Å²) in [5, 5.41) is 11.9. The number of carboxylic acids is 1. The summed E-state index contributed by atoms with van der Waals surface area (Å²) in [4.78, 5) is 23.4. The van der Waals surface area contributed by atoms with Crippen molar-refractivity contribution in [1.29, 1.82) is 0 Å². The van der Waals surface area contributed by atoms with E-state index >= 15 is 0 Å². The Morgan fingerprint density at radius 2 is 1.77 bits per heavy atom. The van der Waals surface area contributed by atoms with E-state index in [0.717, 1.165) is 12.1 Å². The highest BCUT2D eigenvalue weighted by molar-refractivity contribution is 6.30. The molecule has 0 aromatic heterocycles. The summed E-state index contributed by atoms with van der Waals surface area (Å²) < 4.78 is 38.3. The van der Waals surface area contributed by atoms with Crippen LogP contribution in [0.2, 0.25) is 5.02 Å². The van der Waals surface area contributed by atoms with Gasteiger partial charge in [-0.2, -0.15) is 13.2 Å². The first-order valence-electron chi connectivity index (χ1n) is 7.59. The van der Waals surface area contributed by atoms with E-state index in [4.69, 9.17) is 16.7 Å². The topological polar surface area (TPSA) is 66.4 Å². The number of carbonyl (C=O) groups excluding carboxylic acids is 1. The SMILES string of the molecule is O=C(O)C[C@@H](Cc1ccc(Cl)cc1)C(=O)Nc1cccc(C(F)(F)F)c1. The van der Waals surface area contributed by atoms with E-state index in [1.807, 2.05) is 0 Å². The zero-order valence-corrected chi connectivity index (χ0v) is 14.1. The van der Waals surface area contributed by atoms with E-state index < -0.39 is 36.0 Å². The first-order chi connectivity index (χ1) is 12.1. The number of hydrogen-bond acceptors (Lipinski definition) is 2. The number of alkyl halides is 3. The van der Waals surface area contributed by atoms with Crippen LogP contribution in [0.15, 0.2) is 48.5 Å². The second-order valence-electron chi connectivity index (χ2n) is 5.69. The molecule has 0 radical (unpaired) electrons. The highest BCUT2D eigenvalue weighted by Crippen LogP contribution is 2.31. The fraction of sp³-hybridized carbons (Fsp3) is 0.222. The Bertz CT molecular complexity index is 791. The van der Waals surface area contributed by atoms with Crippen LogP contribution < -0.4 is 5.32 Å². The van der Waals surface area contributed by atoms with E-state index in [1.165, 1.54) is 12.1 Å². The first kappa shape index (κ1) is 19.8. The van der Waals surface area contributed by atoms with Crippen LogP contribution in [-0.2, 0) is 22.2 Å². The summed E-state index contributed by atoms with van der Waals surface area (Å²) in [6, 6.07) is 10.7. The minimum Gasteiger partial charge on any atom is -0.481 e. The molecule has 4 nitrogen and oxygen atoms in total. The molecule has 0 spiro atoms. The van der Waals surface area contributed by atoms with Crippen LogP contribution in [0, 0.1) is 5.92 Å². The Hall–Kier alpha value is -2.54. The summed E-state index contributed by atoms with van der Waals surface area (Å²) in [5.41, 5.74) is -0.251. The van der Waals surface area contributed by atoms with Gasteiger partial charge in [0.05, 0.1) is 17.9 Å². The van der Waals surface area contributed by atoms with Crippen LogP contribution in [-0.4, -0.2) is 17.0 Å². The number of halogens is 4. The Morgan fingerprint density at radius 3 is 2.35 bits per heavy atom. The van der Waals surface area contributed by atoms with E-state index in [2.05, 4.69) is 5.32 Å². The molecule has 0 saturated heterocycles. The van der Waals surface area contributed by atoms with Crippen LogP contribution in [0.1, 0.15) is 17.5 Å². The van der Waals surface area contributed by atoms with Gasteiger partial charge in [0.15, 0.2) is 0 Å². The summed E-state index contributed by atoms with van der Waals surface area (Å²) >= 11 is 5.79. The number of benzene rings is 2. The second-order valence-corrected chi connectivity index (χ2v) is 6.13. The maximum absolute atomic E-state index is 12.8. The lowest BCUT2D eigenvalue weighted by Gasteiger charge is -2.16. The van der Waals surface area contributed by atoms with Crippen LogP contribution in [0.25, 0.3) is 0 Å². The Kier molecular flexibility index (Phi) is 6.26. The summed E-state index contributed by atoms with van der Waals surface area (Å²) in [5.74, 6) is -2.78. The number of nitrogens with one attached hydrogen (secondary N) is 1. The molecule has 0 heterocycles. The van der Waals surface area contributed by atoms with Gasteiger partial charge in [0, 0.05) is 10.7 Å². The van der Waals surface area contributed by atoms with Crippen molar-refractivity contribution in [2.75, 3.05) is 5.32 Å². The molecule has 138 valence electrons.